The van der Waals surface area contributed by atoms with Gasteiger partial charge in [0, 0.05) is 75.1 Å². The normalized spacial score (nSPS) is 17.2. The van der Waals surface area contributed by atoms with E-state index >= 15 is 0 Å². The standard InChI is InChI=1S/C22H24N6O/c1-2-17(14-24-6-1)15-27-9-5-20-19(16-27)22(28-10-12-29-13-11-28)26-21(25-20)18-3-7-23-8-4-18/h1-4,6-8,14H,5,9-13,15-16H2. The third-order valence-corrected chi connectivity index (χ3v) is 5.50. The van der Waals surface area contributed by atoms with Crippen molar-refractivity contribution in [3.05, 3.63) is 65.9 Å². The second-order valence-electron chi connectivity index (χ2n) is 7.45. The van der Waals surface area contributed by atoms with Crippen molar-refractivity contribution in [1.29, 1.82) is 0 Å². The summed E-state index contributed by atoms with van der Waals surface area (Å²) in [5.74, 6) is 1.84. The zero-order valence-electron chi connectivity index (χ0n) is 16.4. The van der Waals surface area contributed by atoms with Crippen molar-refractivity contribution in [2.24, 2.45) is 0 Å². The first-order chi connectivity index (χ1) is 14.4. The Bertz CT molecular complexity index is 960. The maximum atomic E-state index is 5.57. The number of ether oxygens (including phenoxy) is 1. The maximum absolute atomic E-state index is 5.57. The fraction of sp³-hybridized carbons (Fsp3) is 0.364. The molecule has 0 N–H and O–H groups in total. The highest BCUT2D eigenvalue weighted by Gasteiger charge is 2.26. The lowest BCUT2D eigenvalue weighted by atomic mass is 10.0. The maximum Gasteiger partial charge on any atom is 0.161 e. The van der Waals surface area contributed by atoms with Gasteiger partial charge in [0.15, 0.2) is 5.82 Å². The third kappa shape index (κ3) is 3.97. The number of fused-ring (bicyclic) bond motifs is 1. The summed E-state index contributed by atoms with van der Waals surface area (Å²) in [6.45, 7) is 5.93. The molecule has 0 aromatic carbocycles. The summed E-state index contributed by atoms with van der Waals surface area (Å²) in [4.78, 5) is 23.1. The van der Waals surface area contributed by atoms with E-state index in [0.29, 0.717) is 0 Å². The van der Waals surface area contributed by atoms with E-state index in [4.69, 9.17) is 14.7 Å². The zero-order chi connectivity index (χ0) is 19.5. The van der Waals surface area contributed by atoms with Crippen LogP contribution >= 0.6 is 0 Å². The Kier molecular flexibility index (Phi) is 5.15. The molecule has 0 bridgehead atoms. The molecule has 0 amide bonds. The van der Waals surface area contributed by atoms with Gasteiger partial charge in [0.25, 0.3) is 0 Å². The first-order valence-electron chi connectivity index (χ1n) is 10.1. The molecule has 7 nitrogen and oxygen atoms in total. The fourth-order valence-corrected chi connectivity index (χ4v) is 4.00. The second-order valence-corrected chi connectivity index (χ2v) is 7.45. The monoisotopic (exact) mass is 388 g/mol. The molecule has 5 rings (SSSR count). The van der Waals surface area contributed by atoms with Gasteiger partial charge in [-0.1, -0.05) is 6.07 Å². The molecule has 2 aliphatic rings. The highest BCUT2D eigenvalue weighted by Crippen LogP contribution is 2.30. The predicted octanol–water partition coefficient (Wildman–Crippen LogP) is 2.33. The molecule has 0 atom stereocenters. The van der Waals surface area contributed by atoms with E-state index in [9.17, 15) is 0 Å². The number of hydrogen-bond donors (Lipinski definition) is 0. The van der Waals surface area contributed by atoms with Crippen LogP contribution in [0.5, 0.6) is 0 Å². The zero-order valence-corrected chi connectivity index (χ0v) is 16.4. The first-order valence-corrected chi connectivity index (χ1v) is 10.1. The van der Waals surface area contributed by atoms with Crippen molar-refractivity contribution in [2.45, 2.75) is 19.5 Å². The quantitative estimate of drug-likeness (QED) is 0.679. The van der Waals surface area contributed by atoms with Gasteiger partial charge in [-0.15, -0.1) is 0 Å². The Morgan fingerprint density at radius 3 is 2.59 bits per heavy atom. The van der Waals surface area contributed by atoms with Crippen LogP contribution in [0.15, 0.2) is 49.1 Å². The van der Waals surface area contributed by atoms with Gasteiger partial charge in [-0.05, 0) is 23.8 Å². The number of pyridine rings is 2. The smallest absolute Gasteiger partial charge is 0.161 e. The lowest BCUT2D eigenvalue weighted by molar-refractivity contribution is 0.122. The van der Waals surface area contributed by atoms with Gasteiger partial charge in [0.05, 0.1) is 18.9 Å². The molecule has 29 heavy (non-hydrogen) atoms. The third-order valence-electron chi connectivity index (χ3n) is 5.50. The van der Waals surface area contributed by atoms with E-state index in [2.05, 4.69) is 25.8 Å². The summed E-state index contributed by atoms with van der Waals surface area (Å²) in [5.41, 5.74) is 4.66. The summed E-state index contributed by atoms with van der Waals surface area (Å²) in [5, 5.41) is 0. The molecular weight excluding hydrogens is 364 g/mol. The van der Waals surface area contributed by atoms with E-state index in [1.165, 1.54) is 11.1 Å². The van der Waals surface area contributed by atoms with Gasteiger partial charge < -0.3 is 9.64 Å². The van der Waals surface area contributed by atoms with Crippen LogP contribution in [0.4, 0.5) is 5.82 Å². The van der Waals surface area contributed by atoms with Gasteiger partial charge in [0.1, 0.15) is 5.82 Å². The largest absolute Gasteiger partial charge is 0.378 e. The van der Waals surface area contributed by atoms with Gasteiger partial charge in [-0.2, -0.15) is 0 Å². The van der Waals surface area contributed by atoms with Crippen LogP contribution in [0.3, 0.4) is 0 Å². The Hall–Kier alpha value is -2.90. The van der Waals surface area contributed by atoms with Crippen molar-refractivity contribution < 1.29 is 4.74 Å². The average molecular weight is 388 g/mol. The molecule has 7 heteroatoms. The van der Waals surface area contributed by atoms with E-state index < -0.39 is 0 Å². The molecule has 0 aliphatic carbocycles. The molecular formula is C22H24N6O. The molecule has 5 heterocycles. The number of rotatable bonds is 4. The Morgan fingerprint density at radius 2 is 1.79 bits per heavy atom. The van der Waals surface area contributed by atoms with Gasteiger partial charge in [0.2, 0.25) is 0 Å². The highest BCUT2D eigenvalue weighted by atomic mass is 16.5. The van der Waals surface area contributed by atoms with E-state index in [-0.39, 0.29) is 0 Å². The van der Waals surface area contributed by atoms with Gasteiger partial charge in [-0.25, -0.2) is 9.97 Å². The van der Waals surface area contributed by atoms with Crippen molar-refractivity contribution in [2.75, 3.05) is 37.7 Å². The van der Waals surface area contributed by atoms with Gasteiger partial charge >= 0.3 is 0 Å². The van der Waals surface area contributed by atoms with Crippen molar-refractivity contribution in [3.63, 3.8) is 0 Å². The summed E-state index contributed by atoms with van der Waals surface area (Å²) in [6.07, 6.45) is 8.28. The average Bonchev–Trinajstić information content (AvgIpc) is 2.80. The lowest BCUT2D eigenvalue weighted by Gasteiger charge is -2.34. The number of aromatic nitrogens is 4. The number of morpholine rings is 1. The number of anilines is 1. The van der Waals surface area contributed by atoms with Crippen LogP contribution in [0, 0.1) is 0 Å². The number of nitrogens with zero attached hydrogens (tertiary/aromatic N) is 6. The minimum Gasteiger partial charge on any atom is -0.378 e. The predicted molar refractivity (Wildman–Crippen MR) is 110 cm³/mol. The molecule has 3 aromatic heterocycles. The molecule has 2 aliphatic heterocycles. The molecule has 0 spiro atoms. The first kappa shape index (κ1) is 18.1. The van der Waals surface area contributed by atoms with Crippen molar-refractivity contribution in [3.8, 4) is 11.4 Å². The van der Waals surface area contributed by atoms with Crippen LogP contribution in [-0.4, -0.2) is 57.7 Å². The van der Waals surface area contributed by atoms with Crippen LogP contribution in [0.2, 0.25) is 0 Å². The van der Waals surface area contributed by atoms with Gasteiger partial charge in [-0.3, -0.25) is 14.9 Å². The Labute approximate surface area is 170 Å². The summed E-state index contributed by atoms with van der Waals surface area (Å²) in [6, 6.07) is 8.08. The summed E-state index contributed by atoms with van der Waals surface area (Å²) in [7, 11) is 0. The molecule has 1 fully saturated rings. The minimum absolute atomic E-state index is 0.739. The van der Waals surface area contributed by atoms with E-state index in [1.807, 2.05) is 30.6 Å². The lowest BCUT2D eigenvalue weighted by Crippen LogP contribution is -2.39. The topological polar surface area (TPSA) is 67.3 Å². The van der Waals surface area contributed by atoms with Crippen molar-refractivity contribution in [1.82, 2.24) is 24.8 Å². The summed E-state index contributed by atoms with van der Waals surface area (Å²) >= 11 is 0. The molecule has 3 aromatic rings. The number of hydrogen-bond acceptors (Lipinski definition) is 7. The van der Waals surface area contributed by atoms with E-state index in [1.54, 1.807) is 12.4 Å². The molecule has 0 radical (unpaired) electrons. The van der Waals surface area contributed by atoms with Crippen LogP contribution in [0.25, 0.3) is 11.4 Å². The van der Waals surface area contributed by atoms with Crippen LogP contribution < -0.4 is 4.90 Å². The van der Waals surface area contributed by atoms with Crippen LogP contribution in [0.1, 0.15) is 16.8 Å². The second kappa shape index (κ2) is 8.23. The fourth-order valence-electron chi connectivity index (χ4n) is 4.00. The SMILES string of the molecule is c1cncc(CN2CCc3nc(-c4ccncc4)nc(N4CCOCC4)c3C2)c1. The highest BCUT2D eigenvalue weighted by molar-refractivity contribution is 5.60. The Morgan fingerprint density at radius 1 is 0.931 bits per heavy atom. The molecule has 0 saturated carbocycles. The minimum atomic E-state index is 0.739. The van der Waals surface area contributed by atoms with Crippen molar-refractivity contribution >= 4 is 5.82 Å². The molecule has 148 valence electrons. The summed E-state index contributed by atoms with van der Waals surface area (Å²) < 4.78 is 5.57. The molecule has 1 saturated heterocycles. The Balaban J connectivity index is 1.49. The van der Waals surface area contributed by atoms with E-state index in [0.717, 1.165) is 75.3 Å². The van der Waals surface area contributed by atoms with Crippen LogP contribution in [-0.2, 0) is 24.2 Å². The molecule has 0 unspecified atom stereocenters.